The van der Waals surface area contributed by atoms with Crippen LogP contribution in [0.4, 0.5) is 4.79 Å². The molecule has 2 rings (SSSR count). The zero-order chi connectivity index (χ0) is 14.4. The molecule has 0 atom stereocenters. The van der Waals surface area contributed by atoms with Gasteiger partial charge in [0.15, 0.2) is 5.69 Å². The predicted octanol–water partition coefficient (Wildman–Crippen LogP) is 1.37. The minimum Gasteiger partial charge on any atom is -0.477 e. The average Bonchev–Trinajstić information content (AvgIpc) is 2.69. The van der Waals surface area contributed by atoms with Gasteiger partial charge >= 0.3 is 12.1 Å². The van der Waals surface area contributed by atoms with Crippen LogP contribution in [0.5, 0.6) is 0 Å². The van der Waals surface area contributed by atoms with Crippen LogP contribution in [0.15, 0.2) is 0 Å². The lowest BCUT2D eigenvalue weighted by Crippen LogP contribution is -2.33. The molecule has 7 nitrogen and oxygen atoms in total. The molecule has 0 saturated carbocycles. The van der Waals surface area contributed by atoms with Crippen molar-refractivity contribution in [2.45, 2.75) is 39.5 Å². The second-order valence-corrected chi connectivity index (χ2v) is 5.54. The summed E-state index contributed by atoms with van der Waals surface area (Å²) in [4.78, 5) is 24.5. The van der Waals surface area contributed by atoms with Gasteiger partial charge in [0.05, 0.1) is 18.8 Å². The van der Waals surface area contributed by atoms with Crippen LogP contribution in [-0.4, -0.2) is 37.5 Å². The maximum atomic E-state index is 11.9. The van der Waals surface area contributed by atoms with Gasteiger partial charge in [-0.25, -0.2) is 9.59 Å². The number of aryl methyl sites for hydroxylation is 1. The van der Waals surface area contributed by atoms with Crippen LogP contribution in [0.1, 0.15) is 42.5 Å². The Hall–Kier alpha value is -2.05. The minimum absolute atomic E-state index is 0.126. The predicted molar refractivity (Wildman–Crippen MR) is 65.6 cm³/mol. The van der Waals surface area contributed by atoms with Crippen molar-refractivity contribution in [1.29, 1.82) is 0 Å². The van der Waals surface area contributed by atoms with E-state index in [1.54, 1.807) is 27.8 Å². The molecule has 0 unspecified atom stereocenters. The largest absolute Gasteiger partial charge is 0.477 e. The Balaban J connectivity index is 2.17. The third kappa shape index (κ3) is 2.54. The number of rotatable bonds is 1. The summed E-state index contributed by atoms with van der Waals surface area (Å²) in [5.74, 6) is -1.04. The van der Waals surface area contributed by atoms with Crippen LogP contribution in [-0.2, 0) is 24.9 Å². The molecule has 1 aliphatic rings. The molecule has 19 heavy (non-hydrogen) atoms. The van der Waals surface area contributed by atoms with Gasteiger partial charge in [-0.2, -0.15) is 5.10 Å². The van der Waals surface area contributed by atoms with Crippen LogP contribution in [0, 0.1) is 0 Å². The van der Waals surface area contributed by atoms with Gasteiger partial charge in [0.2, 0.25) is 0 Å². The second-order valence-electron chi connectivity index (χ2n) is 5.54. The molecular weight excluding hydrogens is 250 g/mol. The number of aromatic carboxylic acids is 1. The highest BCUT2D eigenvalue weighted by Gasteiger charge is 2.33. The summed E-state index contributed by atoms with van der Waals surface area (Å²) in [6.45, 7) is 5.87. The fourth-order valence-electron chi connectivity index (χ4n) is 2.07. The Morgan fingerprint density at radius 2 is 1.95 bits per heavy atom. The molecule has 104 valence electrons. The number of fused-ring (bicyclic) bond motifs is 1. The van der Waals surface area contributed by atoms with E-state index in [1.165, 1.54) is 9.58 Å². The standard InChI is InChI=1S/C12H17N3O4/c1-12(2,3)19-11(18)15-5-7-8(6-15)13-14(4)9(7)10(16)17/h5-6H2,1-4H3,(H,16,17). The molecule has 7 heteroatoms. The van der Waals surface area contributed by atoms with Crippen molar-refractivity contribution < 1.29 is 19.4 Å². The van der Waals surface area contributed by atoms with Gasteiger partial charge in [-0.1, -0.05) is 0 Å². The highest BCUT2D eigenvalue weighted by Crippen LogP contribution is 2.26. The third-order valence-electron chi connectivity index (χ3n) is 2.77. The van der Waals surface area contributed by atoms with Crippen LogP contribution in [0.2, 0.25) is 0 Å². The lowest BCUT2D eigenvalue weighted by atomic mass is 10.2. The average molecular weight is 267 g/mol. The number of hydrogen-bond donors (Lipinski definition) is 1. The van der Waals surface area contributed by atoms with Crippen molar-refractivity contribution in [3.63, 3.8) is 0 Å². The van der Waals surface area contributed by atoms with Gasteiger partial charge in [-0.3, -0.25) is 9.58 Å². The quantitative estimate of drug-likeness (QED) is 0.830. The van der Waals surface area contributed by atoms with Crippen LogP contribution in [0.25, 0.3) is 0 Å². The van der Waals surface area contributed by atoms with E-state index in [2.05, 4.69) is 5.10 Å². The summed E-state index contributed by atoms with van der Waals surface area (Å²) < 4.78 is 6.59. The van der Waals surface area contributed by atoms with Gasteiger partial charge in [-0.05, 0) is 20.8 Å². The summed E-state index contributed by atoms with van der Waals surface area (Å²) in [5.41, 5.74) is 0.755. The highest BCUT2D eigenvalue weighted by atomic mass is 16.6. The van der Waals surface area contributed by atoms with Gasteiger partial charge in [-0.15, -0.1) is 0 Å². The number of amides is 1. The number of carboxylic acids is 1. The van der Waals surface area contributed by atoms with Crippen molar-refractivity contribution in [2.24, 2.45) is 7.05 Å². The number of nitrogens with zero attached hydrogens (tertiary/aromatic N) is 3. The Labute approximate surface area is 110 Å². The smallest absolute Gasteiger partial charge is 0.410 e. The van der Waals surface area contributed by atoms with Crippen molar-refractivity contribution in [3.8, 4) is 0 Å². The van der Waals surface area contributed by atoms with Crippen LogP contribution in [0.3, 0.4) is 0 Å². The Morgan fingerprint density at radius 1 is 1.32 bits per heavy atom. The first-order chi connectivity index (χ1) is 8.69. The topological polar surface area (TPSA) is 84.7 Å². The molecule has 2 heterocycles. The van der Waals surface area contributed by atoms with E-state index in [4.69, 9.17) is 9.84 Å². The fraction of sp³-hybridized carbons (Fsp3) is 0.583. The van der Waals surface area contributed by atoms with E-state index in [1.807, 2.05) is 0 Å². The van der Waals surface area contributed by atoms with Gasteiger partial charge in [0.1, 0.15) is 5.60 Å². The normalized spacial score (nSPS) is 14.4. The molecule has 0 fully saturated rings. The van der Waals surface area contributed by atoms with E-state index in [9.17, 15) is 9.59 Å². The minimum atomic E-state index is -1.04. The van der Waals surface area contributed by atoms with E-state index in [-0.39, 0.29) is 18.8 Å². The van der Waals surface area contributed by atoms with Crippen LogP contribution < -0.4 is 0 Å². The molecule has 1 amide bonds. The second kappa shape index (κ2) is 4.25. The zero-order valence-electron chi connectivity index (χ0n) is 11.4. The molecule has 1 N–H and O–H groups in total. The first-order valence-corrected chi connectivity index (χ1v) is 5.95. The summed E-state index contributed by atoms with van der Waals surface area (Å²) in [7, 11) is 1.58. The van der Waals surface area contributed by atoms with Gasteiger partial charge in [0.25, 0.3) is 0 Å². The Kier molecular flexibility index (Phi) is 3.00. The number of ether oxygens (including phenoxy) is 1. The number of carbonyl (C=O) groups excluding carboxylic acids is 1. The number of carbonyl (C=O) groups is 2. The third-order valence-corrected chi connectivity index (χ3v) is 2.77. The molecule has 1 aromatic rings. The van der Waals surface area contributed by atoms with E-state index >= 15 is 0 Å². The summed E-state index contributed by atoms with van der Waals surface area (Å²) in [6, 6.07) is 0. The van der Waals surface area contributed by atoms with E-state index < -0.39 is 17.7 Å². The maximum absolute atomic E-state index is 11.9. The fourth-order valence-corrected chi connectivity index (χ4v) is 2.07. The molecule has 1 aromatic heterocycles. The van der Waals surface area contributed by atoms with Gasteiger partial charge in [0, 0.05) is 12.6 Å². The van der Waals surface area contributed by atoms with Crippen molar-refractivity contribution in [2.75, 3.05) is 0 Å². The molecule has 0 aromatic carbocycles. The van der Waals surface area contributed by atoms with Crippen molar-refractivity contribution >= 4 is 12.1 Å². The maximum Gasteiger partial charge on any atom is 0.410 e. The SMILES string of the molecule is Cn1nc2c(c1C(=O)O)CN(C(=O)OC(C)(C)C)C2. The number of aromatic nitrogens is 2. The van der Waals surface area contributed by atoms with E-state index in [0.717, 1.165) is 0 Å². The molecule has 0 aliphatic carbocycles. The molecule has 0 radical (unpaired) electrons. The molecule has 1 aliphatic heterocycles. The Morgan fingerprint density at radius 3 is 2.47 bits per heavy atom. The lowest BCUT2D eigenvalue weighted by molar-refractivity contribution is 0.0237. The van der Waals surface area contributed by atoms with Gasteiger partial charge < -0.3 is 9.84 Å². The molecular formula is C12H17N3O4. The zero-order valence-corrected chi connectivity index (χ0v) is 11.4. The molecule has 0 bridgehead atoms. The van der Waals surface area contributed by atoms with Crippen molar-refractivity contribution in [1.82, 2.24) is 14.7 Å². The monoisotopic (exact) mass is 267 g/mol. The summed E-state index contributed by atoms with van der Waals surface area (Å²) >= 11 is 0. The number of hydrogen-bond acceptors (Lipinski definition) is 4. The molecule has 0 spiro atoms. The van der Waals surface area contributed by atoms with Crippen molar-refractivity contribution in [3.05, 3.63) is 17.0 Å². The summed E-state index contributed by atoms with van der Waals surface area (Å²) in [5, 5.41) is 13.3. The van der Waals surface area contributed by atoms with E-state index in [0.29, 0.717) is 11.3 Å². The highest BCUT2D eigenvalue weighted by molar-refractivity contribution is 5.88. The first kappa shape index (κ1) is 13.4. The lowest BCUT2D eigenvalue weighted by Gasteiger charge is -2.24. The van der Waals surface area contributed by atoms with Crippen LogP contribution >= 0.6 is 0 Å². The first-order valence-electron chi connectivity index (χ1n) is 5.95. The number of carboxylic acid groups (broad SMARTS) is 1. The molecule has 0 saturated heterocycles. The summed E-state index contributed by atoms with van der Waals surface area (Å²) in [6.07, 6.45) is -0.454. The Bertz CT molecular complexity index is 542.